The highest BCUT2D eigenvalue weighted by molar-refractivity contribution is 7.80. The summed E-state index contributed by atoms with van der Waals surface area (Å²) in [6, 6.07) is 6.70. The maximum atomic E-state index is 12.9. The quantitative estimate of drug-likeness (QED) is 0.208. The molecule has 8 nitrogen and oxygen atoms in total. The molecular formula is C21H31N3O5S. The number of nitrogens with one attached hydrogen (secondary N) is 3. The molecule has 3 amide bonds. The minimum absolute atomic E-state index is 0.106. The Morgan fingerprint density at radius 2 is 1.63 bits per heavy atom. The van der Waals surface area contributed by atoms with Gasteiger partial charge in [0.15, 0.2) is 0 Å². The van der Waals surface area contributed by atoms with E-state index in [-0.39, 0.29) is 12.3 Å². The summed E-state index contributed by atoms with van der Waals surface area (Å²) in [7, 11) is 1.26. The molecule has 0 spiro atoms. The van der Waals surface area contributed by atoms with E-state index in [1.807, 2.05) is 44.2 Å². The van der Waals surface area contributed by atoms with Gasteiger partial charge in [-0.1, -0.05) is 44.2 Å². The lowest BCUT2D eigenvalue weighted by molar-refractivity contribution is -0.145. The second kappa shape index (κ2) is 13.6. The molecule has 3 atom stereocenters. The predicted octanol–water partition coefficient (Wildman–Crippen LogP) is 0.852. The van der Waals surface area contributed by atoms with Crippen molar-refractivity contribution in [1.82, 2.24) is 16.0 Å². The van der Waals surface area contributed by atoms with Crippen LogP contribution in [0.1, 0.15) is 32.3 Å². The summed E-state index contributed by atoms with van der Waals surface area (Å²) in [6.45, 7) is 3.84. The number of rotatable bonds is 13. The van der Waals surface area contributed by atoms with Crippen LogP contribution in [0.5, 0.6) is 0 Å². The Labute approximate surface area is 182 Å². The summed E-state index contributed by atoms with van der Waals surface area (Å²) in [4.78, 5) is 48.5. The zero-order valence-corrected chi connectivity index (χ0v) is 18.5. The minimum atomic E-state index is -0.891. The van der Waals surface area contributed by atoms with Gasteiger partial charge in [-0.25, -0.2) is 4.79 Å². The van der Waals surface area contributed by atoms with Gasteiger partial charge in [0.1, 0.15) is 18.1 Å². The van der Waals surface area contributed by atoms with Crippen LogP contribution >= 0.6 is 12.6 Å². The lowest BCUT2D eigenvalue weighted by atomic mass is 10.0. The van der Waals surface area contributed by atoms with Crippen molar-refractivity contribution in [1.29, 1.82) is 0 Å². The molecule has 0 bridgehead atoms. The van der Waals surface area contributed by atoms with Crippen LogP contribution in [0.15, 0.2) is 30.3 Å². The van der Waals surface area contributed by atoms with E-state index >= 15 is 0 Å². The number of ether oxygens (including phenoxy) is 1. The van der Waals surface area contributed by atoms with Gasteiger partial charge in [-0.15, -0.1) is 0 Å². The Balaban J connectivity index is 2.94. The van der Waals surface area contributed by atoms with E-state index in [0.717, 1.165) is 5.56 Å². The summed E-state index contributed by atoms with van der Waals surface area (Å²) in [6.07, 6.45) is 1.39. The molecule has 0 unspecified atom stereocenters. The van der Waals surface area contributed by atoms with Gasteiger partial charge in [0.25, 0.3) is 0 Å². The third kappa shape index (κ3) is 8.86. The molecule has 0 saturated carbocycles. The molecule has 166 valence electrons. The van der Waals surface area contributed by atoms with Crippen molar-refractivity contribution in [3.8, 4) is 0 Å². The largest absolute Gasteiger partial charge is 0.467 e. The number of hydrogen-bond donors (Lipinski definition) is 4. The van der Waals surface area contributed by atoms with Crippen LogP contribution in [0.25, 0.3) is 0 Å². The first-order chi connectivity index (χ1) is 14.3. The number of methoxy groups -OCH3 is 1. The summed E-state index contributed by atoms with van der Waals surface area (Å²) in [5, 5.41) is 7.82. The van der Waals surface area contributed by atoms with E-state index in [9.17, 15) is 19.2 Å². The van der Waals surface area contributed by atoms with Crippen molar-refractivity contribution in [3.05, 3.63) is 35.9 Å². The fourth-order valence-electron chi connectivity index (χ4n) is 2.93. The lowest BCUT2D eigenvalue weighted by Gasteiger charge is -2.25. The minimum Gasteiger partial charge on any atom is -0.467 e. The van der Waals surface area contributed by atoms with Crippen molar-refractivity contribution in [2.75, 3.05) is 12.9 Å². The van der Waals surface area contributed by atoms with Gasteiger partial charge in [-0.05, 0) is 30.1 Å². The maximum Gasteiger partial charge on any atom is 0.328 e. The summed E-state index contributed by atoms with van der Waals surface area (Å²) in [5.41, 5.74) is 0.863. The topological polar surface area (TPSA) is 114 Å². The molecule has 0 aliphatic heterocycles. The number of esters is 1. The van der Waals surface area contributed by atoms with Gasteiger partial charge < -0.3 is 20.7 Å². The van der Waals surface area contributed by atoms with Crippen LogP contribution in [0.4, 0.5) is 0 Å². The number of thiol groups is 1. The van der Waals surface area contributed by atoms with Crippen LogP contribution in [0.2, 0.25) is 0 Å². The van der Waals surface area contributed by atoms with E-state index in [2.05, 4.69) is 28.6 Å². The molecule has 1 rings (SSSR count). The van der Waals surface area contributed by atoms with Gasteiger partial charge in [0.2, 0.25) is 18.2 Å². The highest BCUT2D eigenvalue weighted by Gasteiger charge is 2.29. The van der Waals surface area contributed by atoms with Crippen molar-refractivity contribution < 1.29 is 23.9 Å². The fourth-order valence-corrected chi connectivity index (χ4v) is 3.19. The second-order valence-electron chi connectivity index (χ2n) is 7.31. The lowest BCUT2D eigenvalue weighted by Crippen LogP contribution is -2.56. The monoisotopic (exact) mass is 437 g/mol. The van der Waals surface area contributed by atoms with E-state index in [1.165, 1.54) is 7.11 Å². The first-order valence-corrected chi connectivity index (χ1v) is 10.5. The van der Waals surface area contributed by atoms with Gasteiger partial charge >= 0.3 is 5.97 Å². The smallest absolute Gasteiger partial charge is 0.328 e. The predicted molar refractivity (Wildman–Crippen MR) is 117 cm³/mol. The third-order valence-corrected chi connectivity index (χ3v) is 4.69. The molecule has 1 aromatic carbocycles. The fraction of sp³-hybridized carbons (Fsp3) is 0.524. The summed E-state index contributed by atoms with van der Waals surface area (Å²) >= 11 is 4.09. The zero-order chi connectivity index (χ0) is 22.5. The molecule has 30 heavy (non-hydrogen) atoms. The average molecular weight is 438 g/mol. The molecule has 0 saturated heterocycles. The van der Waals surface area contributed by atoms with E-state index in [1.54, 1.807) is 0 Å². The Morgan fingerprint density at radius 1 is 1.03 bits per heavy atom. The van der Waals surface area contributed by atoms with Gasteiger partial charge in [0, 0.05) is 6.42 Å². The maximum absolute atomic E-state index is 12.9. The molecule has 0 aliphatic rings. The SMILES string of the molecule is COC(=O)[C@H](Cc1ccccc1)NC(=O)[C@H](CC(C)C)NC(=O)[C@H](CCS)NC=O. The molecule has 0 aliphatic carbocycles. The number of benzene rings is 1. The van der Waals surface area contributed by atoms with Gasteiger partial charge in [-0.2, -0.15) is 12.6 Å². The highest BCUT2D eigenvalue weighted by atomic mass is 32.1. The number of carbonyl (C=O) groups excluding carboxylic acids is 4. The summed E-state index contributed by atoms with van der Waals surface area (Å²) in [5.74, 6) is -1.04. The average Bonchev–Trinajstić information content (AvgIpc) is 2.72. The van der Waals surface area contributed by atoms with Crippen molar-refractivity contribution in [2.45, 2.75) is 51.2 Å². The Bertz CT molecular complexity index is 699. The number of amides is 3. The van der Waals surface area contributed by atoms with E-state index in [0.29, 0.717) is 25.0 Å². The van der Waals surface area contributed by atoms with Gasteiger partial charge in [0.05, 0.1) is 7.11 Å². The van der Waals surface area contributed by atoms with Crippen LogP contribution in [-0.2, 0) is 30.3 Å². The highest BCUT2D eigenvalue weighted by Crippen LogP contribution is 2.09. The number of carbonyl (C=O) groups is 4. The van der Waals surface area contributed by atoms with Crippen molar-refractivity contribution in [2.24, 2.45) is 5.92 Å². The van der Waals surface area contributed by atoms with Gasteiger partial charge in [-0.3, -0.25) is 14.4 Å². The van der Waals surface area contributed by atoms with Crippen LogP contribution in [0, 0.1) is 5.92 Å². The first kappa shape index (κ1) is 25.5. The Kier molecular flexibility index (Phi) is 11.6. The molecule has 9 heteroatoms. The zero-order valence-electron chi connectivity index (χ0n) is 17.6. The molecule has 0 heterocycles. The molecule has 1 aromatic rings. The summed E-state index contributed by atoms with van der Waals surface area (Å²) < 4.78 is 4.83. The normalized spacial score (nSPS) is 13.6. The van der Waals surface area contributed by atoms with Crippen molar-refractivity contribution >= 4 is 36.8 Å². The molecule has 3 N–H and O–H groups in total. The van der Waals surface area contributed by atoms with Crippen LogP contribution < -0.4 is 16.0 Å². The van der Waals surface area contributed by atoms with E-state index in [4.69, 9.17) is 4.74 Å². The molecule has 0 fully saturated rings. The van der Waals surface area contributed by atoms with Crippen LogP contribution in [-0.4, -0.2) is 55.2 Å². The third-order valence-electron chi connectivity index (χ3n) is 4.43. The molecule has 0 radical (unpaired) electrons. The second-order valence-corrected chi connectivity index (χ2v) is 7.76. The standard InChI is InChI=1S/C21H31N3O5S/c1-14(2)11-17(23-19(26)16(9-10-30)22-13-25)20(27)24-18(21(28)29-3)12-15-7-5-4-6-8-15/h4-8,13-14,16-18,30H,9-12H2,1-3H3,(H,22,25)(H,23,26)(H,24,27)/t16-,17-,18-/m0/s1. The molecule has 0 aromatic heterocycles. The van der Waals surface area contributed by atoms with E-state index < -0.39 is 35.9 Å². The Hall–Kier alpha value is -2.55. The first-order valence-electron chi connectivity index (χ1n) is 9.85. The molecular weight excluding hydrogens is 406 g/mol. The van der Waals surface area contributed by atoms with Crippen LogP contribution in [0.3, 0.4) is 0 Å². The number of hydrogen-bond acceptors (Lipinski definition) is 6. The Morgan fingerprint density at radius 3 is 2.17 bits per heavy atom. The van der Waals surface area contributed by atoms with Crippen molar-refractivity contribution in [3.63, 3.8) is 0 Å².